The first kappa shape index (κ1) is 15.0. The van der Waals surface area contributed by atoms with E-state index in [1.807, 2.05) is 18.2 Å². The van der Waals surface area contributed by atoms with Crippen LogP contribution in [0.1, 0.15) is 11.4 Å². The van der Waals surface area contributed by atoms with Gasteiger partial charge in [0.25, 0.3) is 0 Å². The van der Waals surface area contributed by atoms with Crippen LogP contribution in [0.15, 0.2) is 42.3 Å². The van der Waals surface area contributed by atoms with Crippen LogP contribution in [-0.2, 0) is 6.42 Å². The maximum Gasteiger partial charge on any atom is 0.182 e. The number of hydrogen-bond donors (Lipinski definition) is 0. The highest BCUT2D eigenvalue weighted by Crippen LogP contribution is 2.27. The molecular weight excluding hydrogens is 346 g/mol. The van der Waals surface area contributed by atoms with E-state index in [2.05, 4.69) is 20.1 Å². The number of aromatic nitrogens is 5. The van der Waals surface area contributed by atoms with Crippen LogP contribution in [0.3, 0.4) is 0 Å². The Labute approximate surface area is 146 Å². The Morgan fingerprint density at radius 2 is 2.25 bits per heavy atom. The van der Waals surface area contributed by atoms with Crippen molar-refractivity contribution >= 4 is 28.6 Å². The number of halogens is 1. The van der Waals surface area contributed by atoms with Gasteiger partial charge in [-0.2, -0.15) is 5.10 Å². The van der Waals surface area contributed by atoms with Gasteiger partial charge in [0, 0.05) is 25.0 Å². The van der Waals surface area contributed by atoms with Crippen molar-refractivity contribution in [3.63, 3.8) is 0 Å². The van der Waals surface area contributed by atoms with Crippen molar-refractivity contribution in [2.24, 2.45) is 0 Å². The van der Waals surface area contributed by atoms with E-state index in [0.29, 0.717) is 23.0 Å². The van der Waals surface area contributed by atoms with Gasteiger partial charge in [-0.1, -0.05) is 17.7 Å². The largest absolute Gasteiger partial charge is 0.495 e. The van der Waals surface area contributed by atoms with E-state index in [-0.39, 0.29) is 0 Å². The van der Waals surface area contributed by atoms with E-state index < -0.39 is 0 Å². The molecule has 0 aliphatic carbocycles. The molecule has 0 fully saturated rings. The lowest BCUT2D eigenvalue weighted by Gasteiger charge is -2.04. The van der Waals surface area contributed by atoms with E-state index in [4.69, 9.17) is 16.3 Å². The third kappa shape index (κ3) is 2.72. The second kappa shape index (κ2) is 6.18. The quantitative estimate of drug-likeness (QED) is 0.559. The number of benzene rings is 1. The molecule has 3 aromatic heterocycles. The molecule has 6 nitrogen and oxygen atoms in total. The molecule has 0 aliphatic heterocycles. The first-order valence-corrected chi connectivity index (χ1v) is 8.42. The molecule has 0 radical (unpaired) electrons. The summed E-state index contributed by atoms with van der Waals surface area (Å²) in [5.74, 6) is 1.36. The van der Waals surface area contributed by atoms with Gasteiger partial charge in [0.05, 0.1) is 22.5 Å². The van der Waals surface area contributed by atoms with Crippen LogP contribution >= 0.6 is 22.9 Å². The first-order valence-electron chi connectivity index (χ1n) is 7.16. The molecule has 0 N–H and O–H groups in total. The van der Waals surface area contributed by atoms with Crippen LogP contribution in [0.25, 0.3) is 16.2 Å². The van der Waals surface area contributed by atoms with Gasteiger partial charge >= 0.3 is 0 Å². The lowest BCUT2D eigenvalue weighted by atomic mass is 10.1. The van der Waals surface area contributed by atoms with Crippen molar-refractivity contribution in [1.82, 2.24) is 24.6 Å². The lowest BCUT2D eigenvalue weighted by Crippen LogP contribution is -1.93. The van der Waals surface area contributed by atoms with E-state index in [9.17, 15) is 0 Å². The molecular formula is C16H12ClN5OS. The van der Waals surface area contributed by atoms with Crippen LogP contribution in [0, 0.1) is 0 Å². The molecule has 0 aliphatic rings. The van der Waals surface area contributed by atoms with Gasteiger partial charge in [0.1, 0.15) is 11.4 Å². The SMILES string of the molecule is COc1ccc(Cc2nc3c(-c4cncs4)nccn3n2)cc1Cl. The van der Waals surface area contributed by atoms with Crippen molar-refractivity contribution < 1.29 is 4.74 Å². The Bertz CT molecular complexity index is 999. The number of thiazole rings is 1. The third-order valence-corrected chi connectivity index (χ3v) is 4.62. The summed E-state index contributed by atoms with van der Waals surface area (Å²) >= 11 is 7.70. The minimum absolute atomic E-state index is 0.575. The Balaban J connectivity index is 1.71. The molecule has 0 bridgehead atoms. The van der Waals surface area contributed by atoms with Crippen molar-refractivity contribution in [3.8, 4) is 16.3 Å². The molecule has 0 amide bonds. The van der Waals surface area contributed by atoms with Gasteiger partial charge in [0.15, 0.2) is 11.5 Å². The fourth-order valence-electron chi connectivity index (χ4n) is 2.45. The summed E-state index contributed by atoms with van der Waals surface area (Å²) in [6.07, 6.45) is 5.86. The topological polar surface area (TPSA) is 65.2 Å². The predicted octanol–water partition coefficient (Wildman–Crippen LogP) is 3.50. The first-order chi connectivity index (χ1) is 11.7. The Morgan fingerprint density at radius 1 is 1.33 bits per heavy atom. The summed E-state index contributed by atoms with van der Waals surface area (Å²) in [5.41, 5.74) is 4.30. The van der Waals surface area contributed by atoms with Crippen LogP contribution in [-0.4, -0.2) is 31.7 Å². The molecule has 0 atom stereocenters. The number of hydrogen-bond acceptors (Lipinski definition) is 6. The van der Waals surface area contributed by atoms with Gasteiger partial charge in [-0.25, -0.2) is 14.5 Å². The zero-order valence-corrected chi connectivity index (χ0v) is 14.3. The van der Waals surface area contributed by atoms with E-state index in [1.165, 1.54) is 11.3 Å². The van der Waals surface area contributed by atoms with Crippen LogP contribution in [0.2, 0.25) is 5.02 Å². The Hall–Kier alpha value is -2.51. The number of rotatable bonds is 4. The van der Waals surface area contributed by atoms with Crippen molar-refractivity contribution in [3.05, 3.63) is 58.7 Å². The zero-order chi connectivity index (χ0) is 16.5. The fraction of sp³-hybridized carbons (Fsp3) is 0.125. The van der Waals surface area contributed by atoms with Gasteiger partial charge in [-0.3, -0.25) is 4.98 Å². The van der Waals surface area contributed by atoms with Crippen molar-refractivity contribution in [2.45, 2.75) is 6.42 Å². The molecule has 1 aromatic carbocycles. The molecule has 8 heteroatoms. The summed E-state index contributed by atoms with van der Waals surface area (Å²) in [7, 11) is 1.60. The second-order valence-electron chi connectivity index (χ2n) is 5.08. The Kier molecular flexibility index (Phi) is 3.87. The normalized spacial score (nSPS) is 11.1. The third-order valence-electron chi connectivity index (χ3n) is 3.54. The molecule has 0 unspecified atom stereocenters. The summed E-state index contributed by atoms with van der Waals surface area (Å²) in [6, 6.07) is 5.67. The Morgan fingerprint density at radius 3 is 3.00 bits per heavy atom. The average Bonchev–Trinajstić information content (AvgIpc) is 3.23. The number of methoxy groups -OCH3 is 1. The van der Waals surface area contributed by atoms with Gasteiger partial charge in [-0.15, -0.1) is 11.3 Å². The summed E-state index contributed by atoms with van der Waals surface area (Å²) in [4.78, 5) is 14.1. The number of nitrogens with zero attached hydrogens (tertiary/aromatic N) is 5. The summed E-state index contributed by atoms with van der Waals surface area (Å²) < 4.78 is 6.91. The minimum atomic E-state index is 0.575. The molecule has 4 aromatic rings. The summed E-state index contributed by atoms with van der Waals surface area (Å²) in [6.45, 7) is 0. The van der Waals surface area contributed by atoms with E-state index in [0.717, 1.165) is 21.8 Å². The highest BCUT2D eigenvalue weighted by atomic mass is 35.5. The molecule has 24 heavy (non-hydrogen) atoms. The van der Waals surface area contributed by atoms with Crippen LogP contribution in [0.4, 0.5) is 0 Å². The van der Waals surface area contributed by atoms with Crippen molar-refractivity contribution in [1.29, 1.82) is 0 Å². The maximum atomic E-state index is 6.18. The molecule has 120 valence electrons. The van der Waals surface area contributed by atoms with Crippen molar-refractivity contribution in [2.75, 3.05) is 7.11 Å². The minimum Gasteiger partial charge on any atom is -0.495 e. The predicted molar refractivity (Wildman–Crippen MR) is 92.7 cm³/mol. The lowest BCUT2D eigenvalue weighted by molar-refractivity contribution is 0.415. The highest BCUT2D eigenvalue weighted by Gasteiger charge is 2.13. The average molecular weight is 358 g/mol. The smallest absolute Gasteiger partial charge is 0.182 e. The van der Waals surface area contributed by atoms with E-state index >= 15 is 0 Å². The van der Waals surface area contributed by atoms with Crippen LogP contribution < -0.4 is 4.74 Å². The van der Waals surface area contributed by atoms with Gasteiger partial charge in [-0.05, 0) is 17.7 Å². The molecule has 3 heterocycles. The monoisotopic (exact) mass is 357 g/mol. The van der Waals surface area contributed by atoms with Gasteiger partial charge in [0.2, 0.25) is 0 Å². The molecule has 0 saturated heterocycles. The maximum absolute atomic E-state index is 6.18. The highest BCUT2D eigenvalue weighted by molar-refractivity contribution is 7.13. The second-order valence-corrected chi connectivity index (χ2v) is 6.38. The molecule has 0 saturated carbocycles. The fourth-order valence-corrected chi connectivity index (χ4v) is 3.34. The van der Waals surface area contributed by atoms with E-state index in [1.54, 1.807) is 35.7 Å². The van der Waals surface area contributed by atoms with Gasteiger partial charge < -0.3 is 4.74 Å². The van der Waals surface area contributed by atoms with Crippen LogP contribution in [0.5, 0.6) is 5.75 Å². The summed E-state index contributed by atoms with van der Waals surface area (Å²) in [5, 5.41) is 5.10. The number of ether oxygens (including phenoxy) is 1. The molecule has 0 spiro atoms. The number of fused-ring (bicyclic) bond motifs is 1. The standard InChI is InChI=1S/C16H12ClN5OS/c1-23-12-3-2-10(6-11(12)17)7-14-20-16-15(13-8-18-9-24-13)19-4-5-22(16)21-14/h2-6,8-9H,7H2,1H3. The molecule has 4 rings (SSSR count). The zero-order valence-electron chi connectivity index (χ0n) is 12.7.